The van der Waals surface area contributed by atoms with Crippen molar-refractivity contribution in [3.8, 4) is 0 Å². The molecule has 2 aromatic heterocycles. The Bertz CT molecular complexity index is 1150. The van der Waals surface area contributed by atoms with Crippen molar-refractivity contribution in [3.05, 3.63) is 65.5 Å². The number of aromatic nitrogens is 2. The first kappa shape index (κ1) is 24.1. The molecule has 3 heterocycles. The van der Waals surface area contributed by atoms with E-state index >= 15 is 0 Å². The number of carbonyl (C=O) groups is 1. The molecule has 6 nitrogen and oxygen atoms in total. The van der Waals surface area contributed by atoms with Gasteiger partial charge < -0.3 is 14.6 Å². The number of nitrogens with zero attached hydrogens (tertiary/aromatic N) is 3. The maximum absolute atomic E-state index is 13.5. The van der Waals surface area contributed by atoms with E-state index in [1.807, 2.05) is 11.8 Å². The molecule has 0 spiro atoms. The lowest BCUT2D eigenvalue weighted by Gasteiger charge is -2.34. The minimum absolute atomic E-state index is 0.0173. The third kappa shape index (κ3) is 5.88. The van der Waals surface area contributed by atoms with E-state index in [0.717, 1.165) is 37.1 Å². The number of piperidine rings is 1. The van der Waals surface area contributed by atoms with Crippen LogP contribution in [0, 0.1) is 5.82 Å². The second-order valence-corrected chi connectivity index (χ2v) is 8.89. The third-order valence-corrected chi connectivity index (χ3v) is 6.28. The van der Waals surface area contributed by atoms with Gasteiger partial charge in [0.25, 0.3) is 5.91 Å². The van der Waals surface area contributed by atoms with Gasteiger partial charge in [0, 0.05) is 24.3 Å². The average Bonchev–Trinajstić information content (AvgIpc) is 3.28. The summed E-state index contributed by atoms with van der Waals surface area (Å²) in [4.78, 5) is 22.3. The molecule has 3 aromatic rings. The molecule has 0 bridgehead atoms. The number of amides is 1. The molecule has 1 saturated heterocycles. The fraction of sp³-hybridized carbons (Fsp3) is 0.348. The Morgan fingerprint density at radius 1 is 1.18 bits per heavy atom. The highest BCUT2D eigenvalue weighted by Crippen LogP contribution is 2.34. The number of nitrogens with one attached hydrogen (secondary N) is 1. The van der Waals surface area contributed by atoms with Gasteiger partial charge in [-0.3, -0.25) is 4.79 Å². The summed E-state index contributed by atoms with van der Waals surface area (Å²) in [6, 6.07) is 9.38. The largest absolute Gasteiger partial charge is 0.455 e. The molecular weight excluding hydrogens is 472 g/mol. The van der Waals surface area contributed by atoms with E-state index in [4.69, 9.17) is 4.42 Å². The molecule has 1 unspecified atom stereocenters. The van der Waals surface area contributed by atoms with Crippen molar-refractivity contribution in [1.82, 2.24) is 9.97 Å². The number of hydrogen-bond acceptors (Lipinski definition) is 6. The summed E-state index contributed by atoms with van der Waals surface area (Å²) in [6.45, 7) is 2.62. The zero-order valence-electron chi connectivity index (χ0n) is 18.2. The highest BCUT2D eigenvalue weighted by molar-refractivity contribution is 7.98. The second kappa shape index (κ2) is 10.0. The van der Waals surface area contributed by atoms with E-state index in [0.29, 0.717) is 18.0 Å². The Labute approximate surface area is 197 Å². The van der Waals surface area contributed by atoms with Gasteiger partial charge >= 0.3 is 6.18 Å². The van der Waals surface area contributed by atoms with Crippen molar-refractivity contribution in [2.24, 2.45) is 0 Å². The van der Waals surface area contributed by atoms with Gasteiger partial charge in [0.2, 0.25) is 0 Å². The topological polar surface area (TPSA) is 71.3 Å². The smallest absolute Gasteiger partial charge is 0.433 e. The van der Waals surface area contributed by atoms with E-state index in [1.165, 1.54) is 30.3 Å². The molecule has 4 rings (SSSR count). The van der Waals surface area contributed by atoms with Gasteiger partial charge in [0.05, 0.1) is 5.75 Å². The summed E-state index contributed by atoms with van der Waals surface area (Å²) in [5.41, 5.74) is -0.591. The number of anilines is 2. The van der Waals surface area contributed by atoms with Crippen LogP contribution in [-0.2, 0) is 11.9 Å². The van der Waals surface area contributed by atoms with Crippen LogP contribution < -0.4 is 10.2 Å². The summed E-state index contributed by atoms with van der Waals surface area (Å²) in [7, 11) is 0. The molecule has 1 fully saturated rings. The number of halogens is 4. The lowest BCUT2D eigenvalue weighted by atomic mass is 10.0. The Hall–Kier alpha value is -3.08. The van der Waals surface area contributed by atoms with Gasteiger partial charge in [0.15, 0.2) is 16.6 Å². The number of furan rings is 1. The van der Waals surface area contributed by atoms with Gasteiger partial charge in [-0.15, -0.1) is 0 Å². The monoisotopic (exact) mass is 494 g/mol. The molecule has 1 aliphatic rings. The van der Waals surface area contributed by atoms with Crippen LogP contribution in [0.1, 0.15) is 48.2 Å². The van der Waals surface area contributed by atoms with Crippen LogP contribution in [0.25, 0.3) is 0 Å². The first-order valence-corrected chi connectivity index (χ1v) is 11.7. The highest BCUT2D eigenvalue weighted by atomic mass is 32.2. The van der Waals surface area contributed by atoms with Crippen LogP contribution in [0.3, 0.4) is 0 Å². The highest BCUT2D eigenvalue weighted by Gasteiger charge is 2.35. The number of benzene rings is 1. The van der Waals surface area contributed by atoms with E-state index < -0.39 is 23.6 Å². The van der Waals surface area contributed by atoms with Crippen molar-refractivity contribution < 1.29 is 26.8 Å². The normalized spacial score (nSPS) is 16.5. The van der Waals surface area contributed by atoms with Crippen molar-refractivity contribution in [2.75, 3.05) is 16.8 Å². The Morgan fingerprint density at radius 2 is 1.94 bits per heavy atom. The van der Waals surface area contributed by atoms with Crippen LogP contribution in [0.15, 0.2) is 52.0 Å². The van der Waals surface area contributed by atoms with Crippen molar-refractivity contribution in [1.29, 1.82) is 0 Å². The predicted octanol–water partition coefficient (Wildman–Crippen LogP) is 6.15. The predicted molar refractivity (Wildman–Crippen MR) is 120 cm³/mol. The van der Waals surface area contributed by atoms with Crippen molar-refractivity contribution >= 4 is 29.2 Å². The van der Waals surface area contributed by atoms with Crippen LogP contribution in [0.5, 0.6) is 0 Å². The number of carbonyl (C=O) groups excluding carboxylic acids is 1. The number of rotatable bonds is 6. The summed E-state index contributed by atoms with van der Waals surface area (Å²) >= 11 is 0.998. The molecule has 1 atom stereocenters. The zero-order valence-corrected chi connectivity index (χ0v) is 19.0. The summed E-state index contributed by atoms with van der Waals surface area (Å²) in [5.74, 6) is -0.156. The van der Waals surface area contributed by atoms with E-state index in [9.17, 15) is 22.4 Å². The molecular formula is C23H22F4N4O2S. The molecule has 11 heteroatoms. The van der Waals surface area contributed by atoms with E-state index in [2.05, 4.69) is 15.3 Å². The molecule has 1 aliphatic heterocycles. The minimum Gasteiger partial charge on any atom is -0.455 e. The van der Waals surface area contributed by atoms with Gasteiger partial charge in [-0.25, -0.2) is 14.4 Å². The number of thioether (sulfide) groups is 1. The van der Waals surface area contributed by atoms with Gasteiger partial charge in [-0.05, 0) is 62.6 Å². The lowest BCUT2D eigenvalue weighted by molar-refractivity contribution is -0.141. The van der Waals surface area contributed by atoms with Crippen LogP contribution in [-0.4, -0.2) is 28.5 Å². The quantitative estimate of drug-likeness (QED) is 0.252. The van der Waals surface area contributed by atoms with Crippen LogP contribution >= 0.6 is 11.8 Å². The first-order valence-electron chi connectivity index (χ1n) is 10.7. The lowest BCUT2D eigenvalue weighted by Crippen LogP contribution is -2.38. The maximum Gasteiger partial charge on any atom is 0.433 e. The SMILES string of the molecule is CC1CCCCN1c1cc(C(F)(F)F)nc(SCc2ccc(C(=O)Nc3ccc(F)cc3)o2)n1. The first-order chi connectivity index (χ1) is 16.2. The van der Waals surface area contributed by atoms with Gasteiger partial charge in [0.1, 0.15) is 17.4 Å². The van der Waals surface area contributed by atoms with E-state index in [1.54, 1.807) is 6.07 Å². The second-order valence-electron chi connectivity index (χ2n) is 7.95. The fourth-order valence-corrected chi connectivity index (χ4v) is 4.39. The van der Waals surface area contributed by atoms with Crippen LogP contribution in [0.2, 0.25) is 0 Å². The Kier molecular flexibility index (Phi) is 7.11. The summed E-state index contributed by atoms with van der Waals surface area (Å²) < 4.78 is 58.9. The zero-order chi connectivity index (χ0) is 24.3. The van der Waals surface area contributed by atoms with E-state index in [-0.39, 0.29) is 28.5 Å². The Morgan fingerprint density at radius 3 is 2.65 bits per heavy atom. The van der Waals surface area contributed by atoms with Crippen LogP contribution in [0.4, 0.5) is 29.1 Å². The summed E-state index contributed by atoms with van der Waals surface area (Å²) in [5, 5.41) is 2.57. The molecule has 0 saturated carbocycles. The molecule has 1 amide bonds. The maximum atomic E-state index is 13.5. The van der Waals surface area contributed by atoms with Gasteiger partial charge in [-0.1, -0.05) is 11.8 Å². The van der Waals surface area contributed by atoms with Crippen molar-refractivity contribution in [3.63, 3.8) is 0 Å². The number of hydrogen-bond donors (Lipinski definition) is 1. The molecule has 0 aliphatic carbocycles. The minimum atomic E-state index is -4.59. The van der Waals surface area contributed by atoms with Crippen molar-refractivity contribution in [2.45, 2.75) is 49.3 Å². The average molecular weight is 495 g/mol. The molecule has 1 N–H and O–H groups in total. The van der Waals surface area contributed by atoms with Gasteiger partial charge in [-0.2, -0.15) is 13.2 Å². The molecule has 0 radical (unpaired) electrons. The third-order valence-electron chi connectivity index (χ3n) is 5.41. The number of alkyl halides is 3. The molecule has 180 valence electrons. The summed E-state index contributed by atoms with van der Waals surface area (Å²) in [6.07, 6.45) is -1.77. The Balaban J connectivity index is 1.46. The molecule has 34 heavy (non-hydrogen) atoms. The fourth-order valence-electron chi connectivity index (χ4n) is 3.65. The molecule has 1 aromatic carbocycles. The standard InChI is InChI=1S/C23H22F4N4O2S/c1-14-4-2-3-11-31(14)20-12-19(23(25,26)27)29-22(30-20)34-13-17-9-10-18(33-17)21(32)28-16-7-5-15(24)6-8-16/h5-10,12,14H,2-4,11,13H2,1H3,(H,28,32).